The molecule has 2 aromatic heterocycles. The van der Waals surface area contributed by atoms with Gasteiger partial charge in [-0.15, -0.1) is 0 Å². The largest absolute Gasteiger partial charge is 0.340 e. The minimum absolute atomic E-state index is 0.346. The Kier molecular flexibility index (Phi) is 2.97. The molecule has 0 saturated heterocycles. The molecule has 0 aromatic carbocycles. The van der Waals surface area contributed by atoms with Crippen LogP contribution in [0.4, 0.5) is 0 Å². The van der Waals surface area contributed by atoms with E-state index in [1.165, 1.54) is 18.5 Å². The molecule has 1 fully saturated rings. The van der Waals surface area contributed by atoms with Gasteiger partial charge < -0.3 is 10.7 Å². The summed E-state index contributed by atoms with van der Waals surface area (Å²) >= 11 is 0. The van der Waals surface area contributed by atoms with Crippen LogP contribution in [-0.4, -0.2) is 19.7 Å². The molecular formula is C15H23N5. The number of aromatic nitrogens is 4. The maximum absolute atomic E-state index is 6.43. The van der Waals surface area contributed by atoms with E-state index in [0.29, 0.717) is 5.92 Å². The number of aryl methyl sites for hydroxylation is 2. The first kappa shape index (κ1) is 13.4. The van der Waals surface area contributed by atoms with Gasteiger partial charge in [-0.25, -0.2) is 4.98 Å². The highest BCUT2D eigenvalue weighted by Gasteiger charge is 2.41. The number of nitrogens with two attached hydrogens (primary N) is 1. The van der Waals surface area contributed by atoms with Gasteiger partial charge in [-0.05, 0) is 46.5 Å². The lowest BCUT2D eigenvalue weighted by atomic mass is 9.97. The molecule has 1 aliphatic carbocycles. The van der Waals surface area contributed by atoms with E-state index in [4.69, 9.17) is 5.73 Å². The molecule has 1 aliphatic rings. The predicted octanol–water partition coefficient (Wildman–Crippen LogP) is 2.49. The van der Waals surface area contributed by atoms with E-state index in [1.54, 1.807) is 0 Å². The van der Waals surface area contributed by atoms with Gasteiger partial charge in [0.05, 0.1) is 23.1 Å². The van der Waals surface area contributed by atoms with Crippen LogP contribution in [0.25, 0.3) is 11.3 Å². The van der Waals surface area contributed by atoms with Crippen LogP contribution in [0.3, 0.4) is 0 Å². The molecule has 2 heterocycles. The second kappa shape index (κ2) is 4.45. The summed E-state index contributed by atoms with van der Waals surface area (Å²) in [6, 6.07) is 0. The Balaban J connectivity index is 2.00. The van der Waals surface area contributed by atoms with Gasteiger partial charge in [0.1, 0.15) is 5.82 Å². The fourth-order valence-corrected chi connectivity index (χ4v) is 2.99. The summed E-state index contributed by atoms with van der Waals surface area (Å²) in [4.78, 5) is 7.95. The van der Waals surface area contributed by atoms with Crippen LogP contribution in [0, 0.1) is 19.8 Å². The van der Waals surface area contributed by atoms with Crippen LogP contribution in [0.15, 0.2) is 6.20 Å². The van der Waals surface area contributed by atoms with Gasteiger partial charge >= 0.3 is 0 Å². The van der Waals surface area contributed by atoms with Crippen molar-refractivity contribution < 1.29 is 0 Å². The first-order valence-corrected chi connectivity index (χ1v) is 7.33. The van der Waals surface area contributed by atoms with Crippen molar-refractivity contribution in [2.75, 3.05) is 0 Å². The van der Waals surface area contributed by atoms with Crippen LogP contribution in [0.1, 0.15) is 43.9 Å². The second-order valence-corrected chi connectivity index (χ2v) is 6.06. The van der Waals surface area contributed by atoms with E-state index in [9.17, 15) is 0 Å². The number of H-pyrrole nitrogens is 1. The SMILES string of the molecule is CCn1nc(C)c(-c2cnc(C(C)(N)C3CC3)[nH]2)c1C. The lowest BCUT2D eigenvalue weighted by Crippen LogP contribution is -2.36. The van der Waals surface area contributed by atoms with Crippen molar-refractivity contribution in [3.63, 3.8) is 0 Å². The van der Waals surface area contributed by atoms with E-state index in [0.717, 1.165) is 29.3 Å². The Hall–Kier alpha value is -1.62. The molecule has 0 aliphatic heterocycles. The van der Waals surface area contributed by atoms with Crippen LogP contribution < -0.4 is 5.73 Å². The van der Waals surface area contributed by atoms with Gasteiger partial charge in [-0.2, -0.15) is 5.10 Å². The maximum Gasteiger partial charge on any atom is 0.126 e. The summed E-state index contributed by atoms with van der Waals surface area (Å²) in [7, 11) is 0. The Bertz CT molecular complexity index is 631. The van der Waals surface area contributed by atoms with E-state index in [2.05, 4.69) is 35.8 Å². The summed E-state index contributed by atoms with van der Waals surface area (Å²) in [5, 5.41) is 4.56. The zero-order valence-electron chi connectivity index (χ0n) is 12.7. The fourth-order valence-electron chi connectivity index (χ4n) is 2.99. The number of aromatic amines is 1. The zero-order chi connectivity index (χ0) is 14.5. The number of imidazole rings is 1. The highest BCUT2D eigenvalue weighted by Crippen LogP contribution is 2.43. The summed E-state index contributed by atoms with van der Waals surface area (Å²) in [5.74, 6) is 1.44. The lowest BCUT2D eigenvalue weighted by molar-refractivity contribution is 0.404. The molecule has 5 nitrogen and oxygen atoms in total. The van der Waals surface area contributed by atoms with Crippen molar-refractivity contribution in [3.8, 4) is 11.3 Å². The first-order valence-electron chi connectivity index (χ1n) is 7.33. The van der Waals surface area contributed by atoms with Crippen molar-refractivity contribution in [2.45, 2.75) is 52.6 Å². The molecule has 3 N–H and O–H groups in total. The smallest absolute Gasteiger partial charge is 0.126 e. The molecule has 2 aromatic rings. The first-order chi connectivity index (χ1) is 9.45. The average Bonchev–Trinajstić information content (AvgIpc) is 3.09. The molecule has 1 atom stereocenters. The van der Waals surface area contributed by atoms with Crippen molar-refractivity contribution in [2.24, 2.45) is 11.7 Å². The third-order valence-corrected chi connectivity index (χ3v) is 4.46. The van der Waals surface area contributed by atoms with Crippen LogP contribution >= 0.6 is 0 Å². The minimum Gasteiger partial charge on any atom is -0.340 e. The number of nitrogens with one attached hydrogen (secondary N) is 1. The summed E-state index contributed by atoms with van der Waals surface area (Å²) in [6.07, 6.45) is 4.30. The summed E-state index contributed by atoms with van der Waals surface area (Å²) in [5.41, 5.74) is 10.5. The summed E-state index contributed by atoms with van der Waals surface area (Å²) in [6.45, 7) is 9.19. The van der Waals surface area contributed by atoms with E-state index in [-0.39, 0.29) is 5.54 Å². The van der Waals surface area contributed by atoms with Gasteiger partial charge in [0.2, 0.25) is 0 Å². The monoisotopic (exact) mass is 273 g/mol. The molecular weight excluding hydrogens is 250 g/mol. The predicted molar refractivity (Wildman–Crippen MR) is 79.2 cm³/mol. The van der Waals surface area contributed by atoms with Crippen molar-refractivity contribution in [3.05, 3.63) is 23.4 Å². The Morgan fingerprint density at radius 1 is 1.45 bits per heavy atom. The second-order valence-electron chi connectivity index (χ2n) is 6.06. The molecule has 0 spiro atoms. The van der Waals surface area contributed by atoms with E-state index < -0.39 is 0 Å². The molecule has 0 radical (unpaired) electrons. The van der Waals surface area contributed by atoms with Crippen molar-refractivity contribution in [1.29, 1.82) is 0 Å². The van der Waals surface area contributed by atoms with Gasteiger partial charge in [-0.1, -0.05) is 0 Å². The Morgan fingerprint density at radius 2 is 2.15 bits per heavy atom. The topological polar surface area (TPSA) is 72.5 Å². The molecule has 20 heavy (non-hydrogen) atoms. The molecule has 3 rings (SSSR count). The van der Waals surface area contributed by atoms with Gasteiger partial charge in [-0.3, -0.25) is 4.68 Å². The zero-order valence-corrected chi connectivity index (χ0v) is 12.7. The fraction of sp³-hybridized carbons (Fsp3) is 0.600. The molecule has 0 bridgehead atoms. The highest BCUT2D eigenvalue weighted by atomic mass is 15.3. The Morgan fingerprint density at radius 3 is 2.70 bits per heavy atom. The third-order valence-electron chi connectivity index (χ3n) is 4.46. The molecule has 0 amide bonds. The third kappa shape index (κ3) is 1.97. The van der Waals surface area contributed by atoms with Gasteiger partial charge in [0, 0.05) is 17.8 Å². The van der Waals surface area contributed by atoms with E-state index in [1.807, 2.05) is 17.8 Å². The van der Waals surface area contributed by atoms with Crippen LogP contribution in [-0.2, 0) is 12.1 Å². The summed E-state index contributed by atoms with van der Waals surface area (Å²) < 4.78 is 2.02. The van der Waals surface area contributed by atoms with Crippen LogP contribution in [0.5, 0.6) is 0 Å². The standard InChI is InChI=1S/C15H23N5/c1-5-20-10(3)13(9(2)19-20)12-8-17-14(18-12)15(4,16)11-6-7-11/h8,11H,5-7,16H2,1-4H3,(H,17,18). The number of nitrogens with zero attached hydrogens (tertiary/aromatic N) is 3. The highest BCUT2D eigenvalue weighted by molar-refractivity contribution is 5.64. The van der Waals surface area contributed by atoms with Crippen LogP contribution in [0.2, 0.25) is 0 Å². The number of hydrogen-bond donors (Lipinski definition) is 2. The number of hydrogen-bond acceptors (Lipinski definition) is 3. The minimum atomic E-state index is -0.346. The maximum atomic E-state index is 6.43. The quantitative estimate of drug-likeness (QED) is 0.899. The molecule has 5 heteroatoms. The van der Waals surface area contributed by atoms with Gasteiger partial charge in [0.15, 0.2) is 0 Å². The number of rotatable bonds is 4. The molecule has 108 valence electrons. The van der Waals surface area contributed by atoms with Crippen molar-refractivity contribution >= 4 is 0 Å². The Labute approximate surface area is 119 Å². The lowest BCUT2D eigenvalue weighted by Gasteiger charge is -2.21. The molecule has 1 saturated carbocycles. The van der Waals surface area contributed by atoms with Crippen molar-refractivity contribution in [1.82, 2.24) is 19.7 Å². The van der Waals surface area contributed by atoms with Gasteiger partial charge in [0.25, 0.3) is 0 Å². The molecule has 1 unspecified atom stereocenters. The van der Waals surface area contributed by atoms with E-state index >= 15 is 0 Å². The normalized spacial score (nSPS) is 18.2. The average molecular weight is 273 g/mol.